The number of hydrogen-bond acceptors (Lipinski definition) is 3. The van der Waals surface area contributed by atoms with Gasteiger partial charge in [0.1, 0.15) is 0 Å². The molecule has 3 heteroatoms. The van der Waals surface area contributed by atoms with Crippen molar-refractivity contribution in [1.29, 1.82) is 0 Å². The first-order valence-electron chi connectivity index (χ1n) is 5.93. The van der Waals surface area contributed by atoms with Crippen molar-refractivity contribution in [2.45, 2.75) is 45.6 Å². The number of phenols is 1. The van der Waals surface area contributed by atoms with Crippen LogP contribution in [0.1, 0.15) is 44.7 Å². The maximum atomic E-state index is 10.1. The third-order valence-electron chi connectivity index (χ3n) is 2.71. The summed E-state index contributed by atoms with van der Waals surface area (Å²) in [5.41, 5.74) is 7.65. The standard InChI is InChI=1S/C14H23NO2/c1-9(2)10-6-11(8-14(3,4)15)13(16)12(7-10)17-5/h6-7,9,16H,8,15H2,1-5H3. The first-order valence-corrected chi connectivity index (χ1v) is 5.93. The van der Waals surface area contributed by atoms with Gasteiger partial charge in [0.05, 0.1) is 7.11 Å². The Morgan fingerprint density at radius 3 is 2.35 bits per heavy atom. The molecule has 1 rings (SSSR count). The van der Waals surface area contributed by atoms with Gasteiger partial charge >= 0.3 is 0 Å². The molecule has 3 N–H and O–H groups in total. The Morgan fingerprint density at radius 2 is 1.94 bits per heavy atom. The molecule has 0 aliphatic carbocycles. The summed E-state index contributed by atoms with van der Waals surface area (Å²) in [6, 6.07) is 3.89. The molecule has 0 amide bonds. The average Bonchev–Trinajstić information content (AvgIpc) is 2.18. The molecule has 0 heterocycles. The molecule has 3 nitrogen and oxygen atoms in total. The van der Waals surface area contributed by atoms with Crippen LogP contribution in [0.15, 0.2) is 12.1 Å². The summed E-state index contributed by atoms with van der Waals surface area (Å²) in [7, 11) is 1.57. The second-order valence-electron chi connectivity index (χ2n) is 5.55. The lowest BCUT2D eigenvalue weighted by Gasteiger charge is -2.21. The Bertz CT molecular complexity index is 392. The average molecular weight is 237 g/mol. The lowest BCUT2D eigenvalue weighted by Crippen LogP contribution is -2.34. The Balaban J connectivity index is 3.23. The molecule has 0 saturated heterocycles. The minimum absolute atomic E-state index is 0.204. The third-order valence-corrected chi connectivity index (χ3v) is 2.71. The molecule has 0 saturated carbocycles. The molecule has 0 aliphatic heterocycles. The van der Waals surface area contributed by atoms with Gasteiger partial charge in [-0.25, -0.2) is 0 Å². The Morgan fingerprint density at radius 1 is 1.35 bits per heavy atom. The summed E-state index contributed by atoms with van der Waals surface area (Å²) >= 11 is 0. The summed E-state index contributed by atoms with van der Waals surface area (Å²) in [4.78, 5) is 0. The Hall–Kier alpha value is -1.22. The van der Waals surface area contributed by atoms with E-state index in [1.54, 1.807) is 7.11 Å². The number of hydrogen-bond donors (Lipinski definition) is 2. The van der Waals surface area contributed by atoms with Crippen molar-refractivity contribution in [2.24, 2.45) is 5.73 Å². The van der Waals surface area contributed by atoms with Crippen molar-refractivity contribution in [1.82, 2.24) is 0 Å². The minimum Gasteiger partial charge on any atom is -0.504 e. The summed E-state index contributed by atoms with van der Waals surface area (Å²) in [6.07, 6.45) is 0.621. The van der Waals surface area contributed by atoms with Crippen LogP contribution in [0.25, 0.3) is 0 Å². The van der Waals surface area contributed by atoms with Gasteiger partial charge in [0.2, 0.25) is 0 Å². The molecule has 0 radical (unpaired) electrons. The number of nitrogens with two attached hydrogens (primary N) is 1. The van der Waals surface area contributed by atoms with Gasteiger partial charge in [0.25, 0.3) is 0 Å². The molecule has 0 aromatic heterocycles. The number of methoxy groups -OCH3 is 1. The van der Waals surface area contributed by atoms with Gasteiger partial charge in [-0.15, -0.1) is 0 Å². The molecule has 0 bridgehead atoms. The van der Waals surface area contributed by atoms with E-state index in [2.05, 4.69) is 13.8 Å². The van der Waals surface area contributed by atoms with Gasteiger partial charge in [0, 0.05) is 5.54 Å². The fourth-order valence-corrected chi connectivity index (χ4v) is 1.80. The largest absolute Gasteiger partial charge is 0.504 e. The number of aromatic hydroxyl groups is 1. The van der Waals surface area contributed by atoms with Crippen LogP contribution in [0.3, 0.4) is 0 Å². The van der Waals surface area contributed by atoms with Crippen LogP contribution in [-0.2, 0) is 6.42 Å². The van der Waals surface area contributed by atoms with E-state index >= 15 is 0 Å². The molecule has 1 aromatic rings. The molecule has 0 spiro atoms. The van der Waals surface area contributed by atoms with Gasteiger partial charge < -0.3 is 15.6 Å². The SMILES string of the molecule is COc1cc(C(C)C)cc(CC(C)(C)N)c1O. The fraction of sp³-hybridized carbons (Fsp3) is 0.571. The molecule has 0 fully saturated rings. The number of ether oxygens (including phenoxy) is 1. The van der Waals surface area contributed by atoms with E-state index in [1.807, 2.05) is 26.0 Å². The molecular formula is C14H23NO2. The van der Waals surface area contributed by atoms with Gasteiger partial charge in [-0.3, -0.25) is 0 Å². The van der Waals surface area contributed by atoms with Crippen LogP contribution in [0.4, 0.5) is 0 Å². The molecule has 17 heavy (non-hydrogen) atoms. The highest BCUT2D eigenvalue weighted by Gasteiger charge is 2.18. The predicted octanol–water partition coefficient (Wildman–Crippen LogP) is 2.80. The van der Waals surface area contributed by atoms with Crippen LogP contribution >= 0.6 is 0 Å². The van der Waals surface area contributed by atoms with Crippen molar-refractivity contribution in [3.63, 3.8) is 0 Å². The van der Waals surface area contributed by atoms with Gasteiger partial charge in [-0.1, -0.05) is 19.9 Å². The van der Waals surface area contributed by atoms with Crippen LogP contribution in [-0.4, -0.2) is 17.8 Å². The quantitative estimate of drug-likeness (QED) is 0.846. The first kappa shape index (κ1) is 13.8. The fourth-order valence-electron chi connectivity index (χ4n) is 1.80. The van der Waals surface area contributed by atoms with E-state index in [1.165, 1.54) is 0 Å². The third kappa shape index (κ3) is 3.63. The van der Waals surface area contributed by atoms with E-state index in [9.17, 15) is 5.11 Å². The maximum Gasteiger partial charge on any atom is 0.161 e. The van der Waals surface area contributed by atoms with E-state index in [0.29, 0.717) is 18.1 Å². The van der Waals surface area contributed by atoms with Gasteiger partial charge in [-0.05, 0) is 43.4 Å². The monoisotopic (exact) mass is 237 g/mol. The second kappa shape index (κ2) is 4.96. The van der Waals surface area contributed by atoms with E-state index in [0.717, 1.165) is 11.1 Å². The summed E-state index contributed by atoms with van der Waals surface area (Å²) in [6.45, 7) is 8.12. The summed E-state index contributed by atoms with van der Waals surface area (Å²) < 4.78 is 5.20. The van der Waals surface area contributed by atoms with E-state index in [4.69, 9.17) is 10.5 Å². The smallest absolute Gasteiger partial charge is 0.161 e. The van der Waals surface area contributed by atoms with Crippen LogP contribution in [0.2, 0.25) is 0 Å². The Kier molecular flexibility index (Phi) is 4.04. The van der Waals surface area contributed by atoms with Crippen LogP contribution in [0.5, 0.6) is 11.5 Å². The molecule has 0 unspecified atom stereocenters. The normalized spacial score (nSPS) is 11.9. The number of rotatable bonds is 4. The zero-order valence-corrected chi connectivity index (χ0v) is 11.4. The van der Waals surface area contributed by atoms with Crippen molar-refractivity contribution < 1.29 is 9.84 Å². The highest BCUT2D eigenvalue weighted by Crippen LogP contribution is 2.35. The molecule has 0 atom stereocenters. The van der Waals surface area contributed by atoms with Gasteiger partial charge in [0.15, 0.2) is 11.5 Å². The Labute approximate surface area is 104 Å². The van der Waals surface area contributed by atoms with Crippen LogP contribution in [0, 0.1) is 0 Å². The maximum absolute atomic E-state index is 10.1. The van der Waals surface area contributed by atoms with Crippen molar-refractivity contribution in [3.05, 3.63) is 23.3 Å². The predicted molar refractivity (Wildman–Crippen MR) is 70.7 cm³/mol. The molecule has 1 aromatic carbocycles. The highest BCUT2D eigenvalue weighted by atomic mass is 16.5. The summed E-state index contributed by atoms with van der Waals surface area (Å²) in [5.74, 6) is 1.12. The first-order chi connectivity index (χ1) is 7.74. The lowest BCUT2D eigenvalue weighted by atomic mass is 9.92. The second-order valence-corrected chi connectivity index (χ2v) is 5.55. The lowest BCUT2D eigenvalue weighted by molar-refractivity contribution is 0.366. The topological polar surface area (TPSA) is 55.5 Å². The minimum atomic E-state index is -0.349. The van der Waals surface area contributed by atoms with E-state index in [-0.39, 0.29) is 11.3 Å². The number of phenolic OH excluding ortho intramolecular Hbond substituents is 1. The summed E-state index contributed by atoms with van der Waals surface area (Å²) in [5, 5.41) is 10.1. The molecular weight excluding hydrogens is 214 g/mol. The molecule has 96 valence electrons. The van der Waals surface area contributed by atoms with Crippen molar-refractivity contribution in [2.75, 3.05) is 7.11 Å². The van der Waals surface area contributed by atoms with Crippen LogP contribution < -0.4 is 10.5 Å². The zero-order chi connectivity index (χ0) is 13.2. The van der Waals surface area contributed by atoms with Crippen molar-refractivity contribution >= 4 is 0 Å². The highest BCUT2D eigenvalue weighted by molar-refractivity contribution is 5.49. The van der Waals surface area contributed by atoms with Gasteiger partial charge in [-0.2, -0.15) is 0 Å². The van der Waals surface area contributed by atoms with E-state index < -0.39 is 0 Å². The zero-order valence-electron chi connectivity index (χ0n) is 11.4. The number of benzene rings is 1. The van der Waals surface area contributed by atoms with Crippen molar-refractivity contribution in [3.8, 4) is 11.5 Å². The molecule has 0 aliphatic rings.